The molecule has 0 bridgehead atoms. The summed E-state index contributed by atoms with van der Waals surface area (Å²) in [7, 11) is 1.54. The number of hydrogen-bond donors (Lipinski definition) is 1. The second-order valence-corrected chi connectivity index (χ2v) is 6.11. The van der Waals surface area contributed by atoms with Gasteiger partial charge in [-0.3, -0.25) is 4.79 Å². The zero-order chi connectivity index (χ0) is 18.8. The van der Waals surface area contributed by atoms with E-state index in [2.05, 4.69) is 5.32 Å². The Bertz CT molecular complexity index is 1140. The van der Waals surface area contributed by atoms with Gasteiger partial charge in [-0.25, -0.2) is 4.79 Å². The maximum atomic E-state index is 12.5. The van der Waals surface area contributed by atoms with Crippen LogP contribution >= 0.6 is 0 Å². The van der Waals surface area contributed by atoms with Crippen LogP contribution in [-0.2, 0) is 4.74 Å². The van der Waals surface area contributed by atoms with Gasteiger partial charge in [0, 0.05) is 17.9 Å². The molecule has 0 saturated heterocycles. The molecule has 0 aliphatic carbocycles. The molecule has 1 unspecified atom stereocenters. The monoisotopic (exact) mass is 363 g/mol. The van der Waals surface area contributed by atoms with E-state index in [-0.39, 0.29) is 12.1 Å². The van der Waals surface area contributed by atoms with Crippen LogP contribution in [0, 0.1) is 0 Å². The lowest BCUT2D eigenvalue weighted by molar-refractivity contribution is 0.0745. The van der Waals surface area contributed by atoms with E-state index >= 15 is 0 Å². The first-order chi connectivity index (χ1) is 13.2. The molecule has 0 radical (unpaired) electrons. The van der Waals surface area contributed by atoms with Gasteiger partial charge in [-0.2, -0.15) is 0 Å². The summed E-state index contributed by atoms with van der Waals surface area (Å²) in [4.78, 5) is 24.6. The molecule has 1 N–H and O–H groups in total. The van der Waals surface area contributed by atoms with E-state index in [1.165, 1.54) is 13.2 Å². The molecule has 136 valence electrons. The molecule has 0 fully saturated rings. The Balaban J connectivity index is 1.54. The average molecular weight is 363 g/mol. The molecular weight excluding hydrogens is 346 g/mol. The molecule has 1 atom stereocenters. The molecular formula is C21H17NO5. The summed E-state index contributed by atoms with van der Waals surface area (Å²) in [5.74, 6) is 0.0808. The van der Waals surface area contributed by atoms with Crippen molar-refractivity contribution in [3.05, 3.63) is 82.4 Å². The topological polar surface area (TPSA) is 81.7 Å². The summed E-state index contributed by atoms with van der Waals surface area (Å²) < 4.78 is 16.4. The van der Waals surface area contributed by atoms with Gasteiger partial charge in [0.2, 0.25) is 0 Å². The maximum Gasteiger partial charge on any atom is 0.349 e. The number of para-hydroxylation sites is 2. The second-order valence-electron chi connectivity index (χ2n) is 6.11. The first kappa shape index (κ1) is 17.1. The number of ether oxygens (including phenoxy) is 1. The van der Waals surface area contributed by atoms with Crippen LogP contribution in [0.25, 0.3) is 21.9 Å². The highest BCUT2D eigenvalue weighted by Gasteiger charge is 2.19. The second kappa shape index (κ2) is 7.09. The van der Waals surface area contributed by atoms with E-state index < -0.39 is 17.6 Å². The van der Waals surface area contributed by atoms with Crippen molar-refractivity contribution in [1.29, 1.82) is 0 Å². The molecule has 1 amide bonds. The Morgan fingerprint density at radius 3 is 2.30 bits per heavy atom. The summed E-state index contributed by atoms with van der Waals surface area (Å²) in [5.41, 5.74) is 0.462. The minimum absolute atomic E-state index is 0.0480. The maximum absolute atomic E-state index is 12.5. The number of amides is 1. The molecule has 6 nitrogen and oxygen atoms in total. The smallest absolute Gasteiger partial charge is 0.349 e. The predicted molar refractivity (Wildman–Crippen MR) is 101 cm³/mol. The molecule has 0 saturated carbocycles. The summed E-state index contributed by atoms with van der Waals surface area (Å²) in [6.07, 6.45) is -0.478. The molecule has 27 heavy (non-hydrogen) atoms. The van der Waals surface area contributed by atoms with Crippen LogP contribution in [0.1, 0.15) is 22.2 Å². The Kier molecular flexibility index (Phi) is 4.48. The van der Waals surface area contributed by atoms with Crippen LogP contribution < -0.4 is 10.9 Å². The average Bonchev–Trinajstić information content (AvgIpc) is 3.11. The van der Waals surface area contributed by atoms with Crippen LogP contribution in [0.15, 0.2) is 74.3 Å². The molecule has 2 aromatic heterocycles. The number of methoxy groups -OCH3 is 1. The highest BCUT2D eigenvalue weighted by atomic mass is 16.5. The van der Waals surface area contributed by atoms with Crippen LogP contribution in [0.3, 0.4) is 0 Å². The summed E-state index contributed by atoms with van der Waals surface area (Å²) in [5, 5.41) is 4.35. The molecule has 2 aromatic carbocycles. The van der Waals surface area contributed by atoms with Crippen molar-refractivity contribution >= 4 is 27.8 Å². The third-order valence-corrected chi connectivity index (χ3v) is 4.38. The number of furan rings is 1. The number of fused-ring (bicyclic) bond motifs is 2. The predicted octanol–water partition coefficient (Wildman–Crippen LogP) is 3.66. The van der Waals surface area contributed by atoms with Gasteiger partial charge in [0.1, 0.15) is 28.6 Å². The quantitative estimate of drug-likeness (QED) is 0.547. The molecule has 6 heteroatoms. The number of hydrogen-bond acceptors (Lipinski definition) is 5. The van der Waals surface area contributed by atoms with Crippen molar-refractivity contribution in [1.82, 2.24) is 5.32 Å². The number of carbonyl (C=O) groups excluding carboxylic acids is 1. The normalized spacial score (nSPS) is 12.3. The molecule has 4 aromatic rings. The standard InChI is InChI=1S/C21H17NO5/c1-25-19(18-11-14-7-3-4-8-16(14)26-18)12-22-20(23)15-10-13-6-2-5-9-17(13)27-21(15)24/h2-11,19H,12H2,1H3,(H,22,23). The van der Waals surface area contributed by atoms with Gasteiger partial charge in [-0.1, -0.05) is 36.4 Å². The molecule has 0 aliphatic heterocycles. The van der Waals surface area contributed by atoms with E-state index in [9.17, 15) is 9.59 Å². The zero-order valence-electron chi connectivity index (χ0n) is 14.6. The van der Waals surface area contributed by atoms with E-state index in [0.29, 0.717) is 16.7 Å². The van der Waals surface area contributed by atoms with E-state index in [1.54, 1.807) is 18.2 Å². The lowest BCUT2D eigenvalue weighted by Crippen LogP contribution is -2.32. The summed E-state index contributed by atoms with van der Waals surface area (Å²) in [6, 6.07) is 18.1. The van der Waals surface area contributed by atoms with Crippen molar-refractivity contribution in [2.24, 2.45) is 0 Å². The van der Waals surface area contributed by atoms with Crippen LogP contribution in [0.2, 0.25) is 0 Å². The number of carbonyl (C=O) groups is 1. The van der Waals surface area contributed by atoms with Crippen LogP contribution in [0.4, 0.5) is 0 Å². The first-order valence-electron chi connectivity index (χ1n) is 8.48. The zero-order valence-corrected chi connectivity index (χ0v) is 14.6. The lowest BCUT2D eigenvalue weighted by atomic mass is 10.1. The number of nitrogens with one attached hydrogen (secondary N) is 1. The van der Waals surface area contributed by atoms with Crippen molar-refractivity contribution in [3.63, 3.8) is 0 Å². The fraction of sp³-hybridized carbons (Fsp3) is 0.143. The molecule has 4 rings (SSSR count). The van der Waals surface area contributed by atoms with E-state index in [1.807, 2.05) is 36.4 Å². The molecule has 0 aliphatic rings. The van der Waals surface area contributed by atoms with Crippen LogP contribution in [-0.4, -0.2) is 19.6 Å². The van der Waals surface area contributed by atoms with Crippen LogP contribution in [0.5, 0.6) is 0 Å². The van der Waals surface area contributed by atoms with E-state index in [4.69, 9.17) is 13.6 Å². The number of benzene rings is 2. The summed E-state index contributed by atoms with van der Waals surface area (Å²) >= 11 is 0. The molecule has 0 spiro atoms. The SMILES string of the molecule is COC(CNC(=O)c1cc2ccccc2oc1=O)c1cc2ccccc2o1. The lowest BCUT2D eigenvalue weighted by Gasteiger charge is -2.13. The first-order valence-corrected chi connectivity index (χ1v) is 8.48. The highest BCUT2D eigenvalue weighted by molar-refractivity contribution is 5.96. The van der Waals surface area contributed by atoms with Crippen molar-refractivity contribution in [3.8, 4) is 0 Å². The Hall–Kier alpha value is -3.38. The Morgan fingerprint density at radius 2 is 1.63 bits per heavy atom. The fourth-order valence-electron chi connectivity index (χ4n) is 2.96. The minimum Gasteiger partial charge on any atom is -0.458 e. The third-order valence-electron chi connectivity index (χ3n) is 4.38. The van der Waals surface area contributed by atoms with Crippen molar-refractivity contribution in [2.75, 3.05) is 13.7 Å². The van der Waals surface area contributed by atoms with Crippen molar-refractivity contribution in [2.45, 2.75) is 6.10 Å². The summed E-state index contributed by atoms with van der Waals surface area (Å²) in [6.45, 7) is 0.154. The van der Waals surface area contributed by atoms with Gasteiger partial charge in [0.15, 0.2) is 0 Å². The van der Waals surface area contributed by atoms with Gasteiger partial charge in [0.05, 0.1) is 6.54 Å². The number of rotatable bonds is 5. The van der Waals surface area contributed by atoms with E-state index in [0.717, 1.165) is 11.0 Å². The van der Waals surface area contributed by atoms with Crippen molar-refractivity contribution < 1.29 is 18.4 Å². The highest BCUT2D eigenvalue weighted by Crippen LogP contribution is 2.25. The van der Waals surface area contributed by atoms with Gasteiger partial charge in [-0.15, -0.1) is 0 Å². The minimum atomic E-state index is -0.677. The molecule has 2 heterocycles. The largest absolute Gasteiger partial charge is 0.458 e. The third kappa shape index (κ3) is 3.35. The van der Waals surface area contributed by atoms with Gasteiger partial charge >= 0.3 is 5.63 Å². The fourth-order valence-corrected chi connectivity index (χ4v) is 2.96. The van der Waals surface area contributed by atoms with Gasteiger partial charge < -0.3 is 18.9 Å². The Labute approximate surface area is 154 Å². The van der Waals surface area contributed by atoms with Gasteiger partial charge in [-0.05, 0) is 24.3 Å². The van der Waals surface area contributed by atoms with Gasteiger partial charge in [0.25, 0.3) is 5.91 Å². The Morgan fingerprint density at radius 1 is 1.00 bits per heavy atom.